The van der Waals surface area contributed by atoms with Crippen LogP contribution < -0.4 is 0 Å². The molecule has 1 aromatic rings. The van der Waals surface area contributed by atoms with E-state index in [1.54, 1.807) is 7.05 Å². The summed E-state index contributed by atoms with van der Waals surface area (Å²) in [5.41, 5.74) is -0.501. The summed E-state index contributed by atoms with van der Waals surface area (Å²) in [6.07, 6.45) is 3.60. The maximum absolute atomic E-state index is 13.6. The van der Waals surface area contributed by atoms with E-state index in [4.69, 9.17) is 11.6 Å². The standard InChI is InChI=1S/C14H16ClF2NO/c1-18(12-8-3-2-5-9(12)15)14(19)13-10(16)6-4-7-11(13)17/h4,6-7,9,12H,2-3,5,8H2,1H3. The van der Waals surface area contributed by atoms with Crippen molar-refractivity contribution >= 4 is 17.5 Å². The van der Waals surface area contributed by atoms with E-state index >= 15 is 0 Å². The Bertz CT molecular complexity index is 460. The molecule has 0 radical (unpaired) electrons. The Labute approximate surface area is 116 Å². The summed E-state index contributed by atoms with van der Waals surface area (Å²) >= 11 is 6.21. The maximum Gasteiger partial charge on any atom is 0.259 e. The van der Waals surface area contributed by atoms with Gasteiger partial charge in [0.25, 0.3) is 5.91 Å². The van der Waals surface area contributed by atoms with Gasteiger partial charge in [-0.15, -0.1) is 11.6 Å². The van der Waals surface area contributed by atoms with Gasteiger partial charge >= 0.3 is 0 Å². The first kappa shape index (κ1) is 14.3. The van der Waals surface area contributed by atoms with Crippen molar-refractivity contribution < 1.29 is 13.6 Å². The first-order valence-corrected chi connectivity index (χ1v) is 6.81. The van der Waals surface area contributed by atoms with Crippen molar-refractivity contribution in [2.24, 2.45) is 0 Å². The third kappa shape index (κ3) is 2.89. The van der Waals surface area contributed by atoms with Gasteiger partial charge in [-0.3, -0.25) is 4.79 Å². The van der Waals surface area contributed by atoms with Gasteiger partial charge in [-0.1, -0.05) is 18.9 Å². The quantitative estimate of drug-likeness (QED) is 0.761. The van der Waals surface area contributed by atoms with Crippen LogP contribution in [0, 0.1) is 11.6 Å². The first-order chi connectivity index (χ1) is 9.02. The molecule has 1 amide bonds. The molecule has 2 nitrogen and oxygen atoms in total. The summed E-state index contributed by atoms with van der Waals surface area (Å²) < 4.78 is 27.2. The van der Waals surface area contributed by atoms with Crippen molar-refractivity contribution in [2.45, 2.75) is 37.1 Å². The molecule has 0 aromatic heterocycles. The van der Waals surface area contributed by atoms with Crippen molar-refractivity contribution in [3.05, 3.63) is 35.4 Å². The highest BCUT2D eigenvalue weighted by atomic mass is 35.5. The molecule has 19 heavy (non-hydrogen) atoms. The third-order valence-electron chi connectivity index (χ3n) is 3.64. The predicted octanol–water partition coefficient (Wildman–Crippen LogP) is 3.59. The lowest BCUT2D eigenvalue weighted by molar-refractivity contribution is 0.0690. The Morgan fingerprint density at radius 1 is 1.26 bits per heavy atom. The van der Waals surface area contributed by atoms with Crippen LogP contribution in [0.5, 0.6) is 0 Å². The molecule has 2 rings (SSSR count). The molecule has 0 spiro atoms. The minimum atomic E-state index is -0.834. The minimum Gasteiger partial charge on any atom is -0.337 e. The molecular weight excluding hydrogens is 272 g/mol. The minimum absolute atomic E-state index is 0.155. The molecule has 0 aliphatic heterocycles. The maximum atomic E-state index is 13.6. The Morgan fingerprint density at radius 2 is 1.84 bits per heavy atom. The lowest BCUT2D eigenvalue weighted by atomic mass is 9.93. The molecular formula is C14H16ClF2NO. The van der Waals surface area contributed by atoms with Gasteiger partial charge in [-0.25, -0.2) is 8.78 Å². The molecule has 2 atom stereocenters. The van der Waals surface area contributed by atoms with Gasteiger partial charge in [0.15, 0.2) is 0 Å². The number of halogens is 3. The SMILES string of the molecule is CN(C(=O)c1c(F)cccc1F)C1CCCCC1Cl. The van der Waals surface area contributed by atoms with Gasteiger partial charge < -0.3 is 4.90 Å². The van der Waals surface area contributed by atoms with E-state index in [9.17, 15) is 13.6 Å². The number of alkyl halides is 1. The van der Waals surface area contributed by atoms with Crippen LogP contribution in [0.3, 0.4) is 0 Å². The number of nitrogens with zero attached hydrogens (tertiary/aromatic N) is 1. The lowest BCUT2D eigenvalue weighted by Crippen LogP contribution is -2.44. The van der Waals surface area contributed by atoms with E-state index in [2.05, 4.69) is 0 Å². The lowest BCUT2D eigenvalue weighted by Gasteiger charge is -2.35. The van der Waals surface area contributed by atoms with Crippen LogP contribution in [-0.2, 0) is 0 Å². The van der Waals surface area contributed by atoms with Crippen molar-refractivity contribution in [1.82, 2.24) is 4.90 Å². The summed E-state index contributed by atoms with van der Waals surface area (Å²) in [5.74, 6) is -2.31. The van der Waals surface area contributed by atoms with E-state index < -0.39 is 23.1 Å². The number of rotatable bonds is 2. The number of carbonyl (C=O) groups excluding carboxylic acids is 1. The van der Waals surface area contributed by atoms with E-state index in [0.717, 1.165) is 37.8 Å². The zero-order valence-corrected chi connectivity index (χ0v) is 11.5. The van der Waals surface area contributed by atoms with Gasteiger partial charge in [0.05, 0.1) is 5.38 Å². The van der Waals surface area contributed by atoms with Gasteiger partial charge in [-0.2, -0.15) is 0 Å². The number of hydrogen-bond donors (Lipinski definition) is 0. The van der Waals surface area contributed by atoms with Gasteiger partial charge in [0, 0.05) is 13.1 Å². The molecule has 1 fully saturated rings. The molecule has 1 saturated carbocycles. The van der Waals surface area contributed by atoms with Crippen molar-refractivity contribution in [1.29, 1.82) is 0 Å². The fourth-order valence-corrected chi connectivity index (χ4v) is 2.98. The number of hydrogen-bond acceptors (Lipinski definition) is 1. The Balaban J connectivity index is 2.23. The Morgan fingerprint density at radius 3 is 2.42 bits per heavy atom. The predicted molar refractivity (Wildman–Crippen MR) is 70.3 cm³/mol. The summed E-state index contributed by atoms with van der Waals surface area (Å²) in [7, 11) is 1.56. The fraction of sp³-hybridized carbons (Fsp3) is 0.500. The van der Waals surface area contributed by atoms with E-state index in [1.807, 2.05) is 0 Å². The highest BCUT2D eigenvalue weighted by Gasteiger charge is 2.31. The molecule has 0 saturated heterocycles. The molecule has 1 aliphatic carbocycles. The smallest absolute Gasteiger partial charge is 0.259 e. The van der Waals surface area contributed by atoms with Crippen LogP contribution in [0.2, 0.25) is 0 Å². The highest BCUT2D eigenvalue weighted by molar-refractivity contribution is 6.21. The summed E-state index contributed by atoms with van der Waals surface area (Å²) in [4.78, 5) is 13.6. The van der Waals surface area contributed by atoms with Crippen LogP contribution >= 0.6 is 11.6 Å². The highest BCUT2D eigenvalue weighted by Crippen LogP contribution is 2.28. The summed E-state index contributed by atoms with van der Waals surface area (Å²) in [6.45, 7) is 0. The summed E-state index contributed by atoms with van der Waals surface area (Å²) in [5, 5.41) is -0.155. The average Bonchev–Trinajstić information content (AvgIpc) is 2.38. The molecule has 0 N–H and O–H groups in total. The average molecular weight is 288 g/mol. The normalized spacial score (nSPS) is 23.2. The number of benzene rings is 1. The van der Waals surface area contributed by atoms with Crippen molar-refractivity contribution in [3.8, 4) is 0 Å². The molecule has 0 heterocycles. The molecule has 104 valence electrons. The number of carbonyl (C=O) groups is 1. The van der Waals surface area contributed by atoms with Crippen LogP contribution in [0.25, 0.3) is 0 Å². The van der Waals surface area contributed by atoms with Gasteiger partial charge in [-0.05, 0) is 25.0 Å². The van der Waals surface area contributed by atoms with Crippen molar-refractivity contribution in [2.75, 3.05) is 7.05 Å². The van der Waals surface area contributed by atoms with Gasteiger partial charge in [0.2, 0.25) is 0 Å². The van der Waals surface area contributed by atoms with Crippen molar-refractivity contribution in [3.63, 3.8) is 0 Å². The molecule has 1 aliphatic rings. The second-order valence-electron chi connectivity index (χ2n) is 4.88. The Hall–Kier alpha value is -1.16. The molecule has 5 heteroatoms. The molecule has 0 bridgehead atoms. The second kappa shape index (κ2) is 5.87. The largest absolute Gasteiger partial charge is 0.337 e. The topological polar surface area (TPSA) is 20.3 Å². The molecule has 2 unspecified atom stereocenters. The second-order valence-corrected chi connectivity index (χ2v) is 5.44. The van der Waals surface area contributed by atoms with E-state index in [-0.39, 0.29) is 11.4 Å². The molecule has 1 aromatic carbocycles. The summed E-state index contributed by atoms with van der Waals surface area (Å²) in [6, 6.07) is 3.25. The van der Waals surface area contributed by atoms with Crippen LogP contribution in [0.4, 0.5) is 8.78 Å². The van der Waals surface area contributed by atoms with Crippen LogP contribution in [-0.4, -0.2) is 29.3 Å². The zero-order chi connectivity index (χ0) is 14.0. The monoisotopic (exact) mass is 287 g/mol. The van der Waals surface area contributed by atoms with E-state index in [0.29, 0.717) is 0 Å². The van der Waals surface area contributed by atoms with Gasteiger partial charge in [0.1, 0.15) is 17.2 Å². The first-order valence-electron chi connectivity index (χ1n) is 6.37. The van der Waals surface area contributed by atoms with Crippen LogP contribution in [0.15, 0.2) is 18.2 Å². The van der Waals surface area contributed by atoms with Crippen LogP contribution in [0.1, 0.15) is 36.0 Å². The van der Waals surface area contributed by atoms with E-state index in [1.165, 1.54) is 11.0 Å². The third-order valence-corrected chi connectivity index (χ3v) is 4.15. The number of amides is 1. The Kier molecular flexibility index (Phi) is 4.40. The zero-order valence-electron chi connectivity index (χ0n) is 10.7. The fourth-order valence-electron chi connectivity index (χ4n) is 2.53.